The summed E-state index contributed by atoms with van der Waals surface area (Å²) in [6.45, 7) is 3.73. The Balaban J connectivity index is 2.80. The Bertz CT molecular complexity index is 332. The SMILES string of the molecule is CC(C)=NNc1ccc(Br)c(F)c1. The largest absolute Gasteiger partial charge is 0.278 e. The number of hydrazone groups is 1. The van der Waals surface area contributed by atoms with Crippen molar-refractivity contribution in [2.24, 2.45) is 5.10 Å². The summed E-state index contributed by atoms with van der Waals surface area (Å²) in [7, 11) is 0. The van der Waals surface area contributed by atoms with Crippen molar-refractivity contribution in [3.05, 3.63) is 28.5 Å². The lowest BCUT2D eigenvalue weighted by atomic mass is 10.3. The molecule has 0 amide bonds. The van der Waals surface area contributed by atoms with Crippen molar-refractivity contribution >= 4 is 27.3 Å². The Morgan fingerprint density at radius 2 is 2.15 bits per heavy atom. The molecule has 0 aliphatic rings. The predicted molar refractivity (Wildman–Crippen MR) is 56.5 cm³/mol. The van der Waals surface area contributed by atoms with E-state index < -0.39 is 0 Å². The summed E-state index contributed by atoms with van der Waals surface area (Å²) in [5, 5.41) is 3.95. The van der Waals surface area contributed by atoms with Crippen LogP contribution in [0.2, 0.25) is 0 Å². The normalized spacial score (nSPS) is 9.54. The zero-order valence-electron chi connectivity index (χ0n) is 7.44. The molecule has 2 nitrogen and oxygen atoms in total. The summed E-state index contributed by atoms with van der Waals surface area (Å²) < 4.78 is 13.4. The van der Waals surface area contributed by atoms with Gasteiger partial charge in [-0.3, -0.25) is 5.43 Å². The number of anilines is 1. The molecule has 0 fully saturated rings. The quantitative estimate of drug-likeness (QED) is 0.626. The van der Waals surface area contributed by atoms with E-state index in [0.717, 1.165) is 5.71 Å². The van der Waals surface area contributed by atoms with Gasteiger partial charge in [0.2, 0.25) is 0 Å². The van der Waals surface area contributed by atoms with Crippen LogP contribution in [0.5, 0.6) is 0 Å². The second kappa shape index (κ2) is 4.37. The molecule has 0 aliphatic carbocycles. The first-order valence-corrected chi connectivity index (χ1v) is 4.61. The van der Waals surface area contributed by atoms with Gasteiger partial charge in [-0.15, -0.1) is 0 Å². The topological polar surface area (TPSA) is 24.4 Å². The van der Waals surface area contributed by atoms with Gasteiger partial charge < -0.3 is 0 Å². The van der Waals surface area contributed by atoms with Crippen LogP contribution in [0.1, 0.15) is 13.8 Å². The van der Waals surface area contributed by atoms with Gasteiger partial charge in [-0.25, -0.2) is 4.39 Å². The molecule has 1 aromatic rings. The molecule has 0 saturated carbocycles. The third-order valence-corrected chi connectivity index (χ3v) is 1.97. The first-order valence-electron chi connectivity index (χ1n) is 3.81. The van der Waals surface area contributed by atoms with Crippen LogP contribution in [0.3, 0.4) is 0 Å². The summed E-state index contributed by atoms with van der Waals surface area (Å²) in [6, 6.07) is 4.77. The van der Waals surface area contributed by atoms with Gasteiger partial charge in [0, 0.05) is 11.8 Å². The van der Waals surface area contributed by atoms with Crippen LogP contribution in [-0.4, -0.2) is 5.71 Å². The average Bonchev–Trinajstić information content (AvgIpc) is 2.07. The summed E-state index contributed by atoms with van der Waals surface area (Å²) >= 11 is 3.07. The molecule has 0 spiro atoms. The minimum absolute atomic E-state index is 0.297. The number of halogens is 2. The van der Waals surface area contributed by atoms with Crippen molar-refractivity contribution in [3.63, 3.8) is 0 Å². The molecule has 0 radical (unpaired) electrons. The second-order valence-electron chi connectivity index (χ2n) is 2.80. The third-order valence-electron chi connectivity index (χ3n) is 1.33. The van der Waals surface area contributed by atoms with E-state index in [4.69, 9.17) is 0 Å². The minimum atomic E-state index is -0.297. The zero-order chi connectivity index (χ0) is 9.84. The van der Waals surface area contributed by atoms with E-state index >= 15 is 0 Å². The molecule has 13 heavy (non-hydrogen) atoms. The van der Waals surface area contributed by atoms with Gasteiger partial charge in [0.25, 0.3) is 0 Å². The van der Waals surface area contributed by atoms with Crippen molar-refractivity contribution in [2.75, 3.05) is 5.43 Å². The highest BCUT2D eigenvalue weighted by Crippen LogP contribution is 2.19. The Labute approximate surface area is 85.0 Å². The Morgan fingerprint density at radius 3 is 2.69 bits per heavy atom. The molecule has 1 aromatic carbocycles. The molecule has 4 heteroatoms. The number of nitrogens with zero attached hydrogens (tertiary/aromatic N) is 1. The Morgan fingerprint density at radius 1 is 1.46 bits per heavy atom. The Kier molecular flexibility index (Phi) is 3.42. The van der Waals surface area contributed by atoms with Gasteiger partial charge in [0.05, 0.1) is 10.2 Å². The van der Waals surface area contributed by atoms with E-state index in [1.54, 1.807) is 12.1 Å². The highest BCUT2D eigenvalue weighted by Gasteiger charge is 1.98. The van der Waals surface area contributed by atoms with Crippen LogP contribution in [-0.2, 0) is 0 Å². The van der Waals surface area contributed by atoms with Gasteiger partial charge in [0.1, 0.15) is 5.82 Å². The van der Waals surface area contributed by atoms with Crippen LogP contribution >= 0.6 is 15.9 Å². The lowest BCUT2D eigenvalue weighted by molar-refractivity contribution is 0.621. The molecule has 0 saturated heterocycles. The van der Waals surface area contributed by atoms with Crippen LogP contribution in [0.4, 0.5) is 10.1 Å². The fraction of sp³-hybridized carbons (Fsp3) is 0.222. The Hall–Kier alpha value is -0.900. The minimum Gasteiger partial charge on any atom is -0.278 e. The third kappa shape index (κ3) is 3.14. The van der Waals surface area contributed by atoms with Crippen molar-refractivity contribution < 1.29 is 4.39 Å². The highest BCUT2D eigenvalue weighted by atomic mass is 79.9. The molecular formula is C9H10BrFN2. The maximum Gasteiger partial charge on any atom is 0.139 e. The maximum absolute atomic E-state index is 13.0. The smallest absolute Gasteiger partial charge is 0.139 e. The van der Waals surface area contributed by atoms with Crippen LogP contribution in [0.25, 0.3) is 0 Å². The molecule has 0 aliphatic heterocycles. The first-order chi connectivity index (χ1) is 6.09. The van der Waals surface area contributed by atoms with Gasteiger partial charge in [-0.2, -0.15) is 5.10 Å². The van der Waals surface area contributed by atoms with E-state index in [-0.39, 0.29) is 5.82 Å². The van der Waals surface area contributed by atoms with Crippen LogP contribution < -0.4 is 5.43 Å². The molecular weight excluding hydrogens is 235 g/mol. The number of nitrogens with one attached hydrogen (secondary N) is 1. The summed E-state index contributed by atoms with van der Waals surface area (Å²) in [5.74, 6) is -0.297. The van der Waals surface area contributed by atoms with Crippen molar-refractivity contribution in [1.29, 1.82) is 0 Å². The molecule has 1 N–H and O–H groups in total. The molecule has 0 unspecified atom stereocenters. The van der Waals surface area contributed by atoms with Crippen LogP contribution in [0.15, 0.2) is 27.8 Å². The standard InChI is InChI=1S/C9H10BrFN2/c1-6(2)12-13-7-3-4-8(10)9(11)5-7/h3-5,13H,1-2H3. The van der Waals surface area contributed by atoms with E-state index in [9.17, 15) is 4.39 Å². The maximum atomic E-state index is 13.0. The highest BCUT2D eigenvalue weighted by molar-refractivity contribution is 9.10. The average molecular weight is 245 g/mol. The van der Waals surface area contributed by atoms with Crippen LogP contribution in [0, 0.1) is 5.82 Å². The van der Waals surface area contributed by atoms with Gasteiger partial charge in [-0.05, 0) is 41.9 Å². The molecule has 0 atom stereocenters. The van der Waals surface area contributed by atoms with Gasteiger partial charge >= 0.3 is 0 Å². The summed E-state index contributed by atoms with van der Waals surface area (Å²) in [4.78, 5) is 0. The monoisotopic (exact) mass is 244 g/mol. The lowest BCUT2D eigenvalue weighted by Crippen LogP contribution is -1.93. The molecule has 0 heterocycles. The number of rotatable bonds is 2. The second-order valence-corrected chi connectivity index (χ2v) is 3.65. The molecule has 0 aromatic heterocycles. The number of hydrogen-bond acceptors (Lipinski definition) is 2. The fourth-order valence-corrected chi connectivity index (χ4v) is 0.989. The fourth-order valence-electron chi connectivity index (χ4n) is 0.742. The van der Waals surface area contributed by atoms with E-state index in [0.29, 0.717) is 10.2 Å². The molecule has 0 bridgehead atoms. The number of benzene rings is 1. The molecule has 1 rings (SSSR count). The lowest BCUT2D eigenvalue weighted by Gasteiger charge is -2.01. The first kappa shape index (κ1) is 10.2. The van der Waals surface area contributed by atoms with Crippen molar-refractivity contribution in [3.8, 4) is 0 Å². The number of hydrogen-bond donors (Lipinski definition) is 1. The van der Waals surface area contributed by atoms with Gasteiger partial charge in [-0.1, -0.05) is 0 Å². The summed E-state index contributed by atoms with van der Waals surface area (Å²) in [5.41, 5.74) is 4.27. The van der Waals surface area contributed by atoms with E-state index in [1.807, 2.05) is 13.8 Å². The van der Waals surface area contributed by atoms with Crippen molar-refractivity contribution in [2.45, 2.75) is 13.8 Å². The van der Waals surface area contributed by atoms with Crippen molar-refractivity contribution in [1.82, 2.24) is 0 Å². The zero-order valence-corrected chi connectivity index (χ0v) is 9.02. The van der Waals surface area contributed by atoms with Gasteiger partial charge in [0.15, 0.2) is 0 Å². The predicted octanol–water partition coefficient (Wildman–Crippen LogP) is 3.40. The molecule has 70 valence electrons. The van der Waals surface area contributed by atoms with E-state index in [1.165, 1.54) is 6.07 Å². The summed E-state index contributed by atoms with van der Waals surface area (Å²) in [6.07, 6.45) is 0. The van der Waals surface area contributed by atoms with E-state index in [2.05, 4.69) is 26.5 Å².